The summed E-state index contributed by atoms with van der Waals surface area (Å²) in [6.07, 6.45) is 5.62. The van der Waals surface area contributed by atoms with Crippen LogP contribution >= 0.6 is 11.6 Å². The molecule has 1 aromatic carbocycles. The van der Waals surface area contributed by atoms with Crippen molar-refractivity contribution in [2.24, 2.45) is 11.8 Å². The van der Waals surface area contributed by atoms with Crippen LogP contribution in [0.15, 0.2) is 30.5 Å². The number of halogens is 1. The van der Waals surface area contributed by atoms with Gasteiger partial charge in [0.05, 0.1) is 0 Å². The SMILES string of the molecule is CC1CCC(Oc2ncc(CCl)c3ccccc23)CC1C. The van der Waals surface area contributed by atoms with E-state index in [1.807, 2.05) is 18.3 Å². The minimum Gasteiger partial charge on any atom is -0.474 e. The topological polar surface area (TPSA) is 22.1 Å². The van der Waals surface area contributed by atoms with Gasteiger partial charge in [0.15, 0.2) is 0 Å². The molecule has 1 heterocycles. The fourth-order valence-electron chi connectivity index (χ4n) is 3.19. The van der Waals surface area contributed by atoms with Gasteiger partial charge in [-0.2, -0.15) is 0 Å². The molecule has 2 nitrogen and oxygen atoms in total. The van der Waals surface area contributed by atoms with Gasteiger partial charge in [-0.1, -0.05) is 32.0 Å². The summed E-state index contributed by atoms with van der Waals surface area (Å²) in [5, 5.41) is 2.22. The molecule has 1 aliphatic rings. The maximum absolute atomic E-state index is 6.23. The van der Waals surface area contributed by atoms with E-state index in [-0.39, 0.29) is 6.10 Å². The Hall–Kier alpha value is -1.28. The second kappa shape index (κ2) is 6.23. The molecule has 1 aromatic heterocycles. The van der Waals surface area contributed by atoms with Crippen LogP contribution in [-0.4, -0.2) is 11.1 Å². The zero-order valence-corrected chi connectivity index (χ0v) is 13.4. The number of nitrogens with zero attached hydrogens (tertiary/aromatic N) is 1. The summed E-state index contributed by atoms with van der Waals surface area (Å²) in [7, 11) is 0. The van der Waals surface area contributed by atoms with Gasteiger partial charge < -0.3 is 4.74 Å². The first-order valence-corrected chi connectivity index (χ1v) is 8.31. The minimum atomic E-state index is 0.286. The fourth-order valence-corrected chi connectivity index (χ4v) is 3.40. The van der Waals surface area contributed by atoms with Crippen molar-refractivity contribution in [3.63, 3.8) is 0 Å². The van der Waals surface area contributed by atoms with E-state index in [1.165, 1.54) is 6.42 Å². The summed E-state index contributed by atoms with van der Waals surface area (Å²) in [5.74, 6) is 2.75. The second-order valence-corrected chi connectivity index (χ2v) is 6.54. The van der Waals surface area contributed by atoms with E-state index in [9.17, 15) is 0 Å². The third-order valence-corrected chi connectivity index (χ3v) is 5.10. The van der Waals surface area contributed by atoms with Crippen LogP contribution in [0.3, 0.4) is 0 Å². The van der Waals surface area contributed by atoms with Crippen LogP contribution in [0.1, 0.15) is 38.7 Å². The van der Waals surface area contributed by atoms with Crippen molar-refractivity contribution in [2.75, 3.05) is 0 Å². The van der Waals surface area contributed by atoms with Crippen molar-refractivity contribution in [1.29, 1.82) is 0 Å². The molecule has 2 aromatic rings. The maximum atomic E-state index is 6.23. The highest BCUT2D eigenvalue weighted by Gasteiger charge is 2.26. The molecule has 0 aliphatic heterocycles. The summed E-state index contributed by atoms with van der Waals surface area (Å²) < 4.78 is 6.23. The number of fused-ring (bicyclic) bond motifs is 1. The molecule has 1 saturated carbocycles. The highest BCUT2D eigenvalue weighted by Crippen LogP contribution is 2.34. The highest BCUT2D eigenvalue weighted by atomic mass is 35.5. The molecule has 21 heavy (non-hydrogen) atoms. The predicted octanol–water partition coefficient (Wildman–Crippen LogP) is 5.18. The fraction of sp³-hybridized carbons (Fsp3) is 0.500. The lowest BCUT2D eigenvalue weighted by Crippen LogP contribution is -2.29. The Morgan fingerprint density at radius 2 is 1.90 bits per heavy atom. The molecule has 0 saturated heterocycles. The van der Waals surface area contributed by atoms with Crippen molar-refractivity contribution in [3.05, 3.63) is 36.0 Å². The summed E-state index contributed by atoms with van der Waals surface area (Å²) >= 11 is 6.00. The van der Waals surface area contributed by atoms with E-state index in [2.05, 4.69) is 31.0 Å². The molecule has 0 amide bonds. The number of hydrogen-bond acceptors (Lipinski definition) is 2. The van der Waals surface area contributed by atoms with Crippen LogP contribution in [0.4, 0.5) is 0 Å². The van der Waals surface area contributed by atoms with Crippen molar-refractivity contribution < 1.29 is 4.74 Å². The van der Waals surface area contributed by atoms with Crippen molar-refractivity contribution >= 4 is 22.4 Å². The predicted molar refractivity (Wildman–Crippen MR) is 87.9 cm³/mol. The lowest BCUT2D eigenvalue weighted by Gasteiger charge is -2.32. The number of aromatic nitrogens is 1. The number of alkyl halides is 1. The van der Waals surface area contributed by atoms with Crippen LogP contribution in [0, 0.1) is 11.8 Å². The third-order valence-electron chi connectivity index (χ3n) is 4.81. The Morgan fingerprint density at radius 1 is 1.14 bits per heavy atom. The van der Waals surface area contributed by atoms with E-state index in [1.54, 1.807) is 0 Å². The molecule has 0 N–H and O–H groups in total. The molecule has 3 atom stereocenters. The molecule has 3 heteroatoms. The first-order chi connectivity index (χ1) is 10.2. The van der Waals surface area contributed by atoms with E-state index in [0.717, 1.165) is 46.9 Å². The largest absolute Gasteiger partial charge is 0.474 e. The first-order valence-electron chi connectivity index (χ1n) is 7.78. The Morgan fingerprint density at radius 3 is 2.62 bits per heavy atom. The summed E-state index contributed by atoms with van der Waals surface area (Å²) in [6.45, 7) is 4.66. The lowest BCUT2D eigenvalue weighted by molar-refractivity contribution is 0.0979. The monoisotopic (exact) mass is 303 g/mol. The molecule has 0 spiro atoms. The number of rotatable bonds is 3. The standard InChI is InChI=1S/C18H22ClNO/c1-12-7-8-15(9-13(12)2)21-18-17-6-4-3-5-16(17)14(10-19)11-20-18/h3-6,11-13,15H,7-10H2,1-2H3. The van der Waals surface area contributed by atoms with Crippen LogP contribution in [0.25, 0.3) is 10.8 Å². The van der Waals surface area contributed by atoms with Crippen molar-refractivity contribution in [3.8, 4) is 5.88 Å². The number of ether oxygens (including phenoxy) is 1. The molecule has 0 bridgehead atoms. The van der Waals surface area contributed by atoms with Gasteiger partial charge in [-0.15, -0.1) is 11.6 Å². The van der Waals surface area contributed by atoms with E-state index in [0.29, 0.717) is 5.88 Å². The summed E-state index contributed by atoms with van der Waals surface area (Å²) in [6, 6.07) is 8.22. The Balaban J connectivity index is 1.88. The molecule has 3 rings (SSSR count). The quantitative estimate of drug-likeness (QED) is 0.729. The van der Waals surface area contributed by atoms with Crippen LogP contribution < -0.4 is 4.74 Å². The van der Waals surface area contributed by atoms with Gasteiger partial charge in [0.1, 0.15) is 6.10 Å². The van der Waals surface area contributed by atoms with Gasteiger partial charge in [0.25, 0.3) is 0 Å². The van der Waals surface area contributed by atoms with Crippen LogP contribution in [-0.2, 0) is 5.88 Å². The maximum Gasteiger partial charge on any atom is 0.221 e. The van der Waals surface area contributed by atoms with E-state index in [4.69, 9.17) is 16.3 Å². The molecule has 0 radical (unpaired) electrons. The zero-order chi connectivity index (χ0) is 14.8. The Kier molecular flexibility index (Phi) is 4.34. The van der Waals surface area contributed by atoms with Crippen LogP contribution in [0.2, 0.25) is 0 Å². The molecular formula is C18H22ClNO. The van der Waals surface area contributed by atoms with Crippen LogP contribution in [0.5, 0.6) is 5.88 Å². The van der Waals surface area contributed by atoms with Gasteiger partial charge >= 0.3 is 0 Å². The highest BCUT2D eigenvalue weighted by molar-refractivity contribution is 6.18. The smallest absolute Gasteiger partial charge is 0.221 e. The molecule has 3 unspecified atom stereocenters. The molecule has 1 fully saturated rings. The van der Waals surface area contributed by atoms with Gasteiger partial charge in [0, 0.05) is 17.5 Å². The Labute approximate surface area is 131 Å². The Bertz CT molecular complexity index is 628. The second-order valence-electron chi connectivity index (χ2n) is 6.28. The average molecular weight is 304 g/mol. The summed E-state index contributed by atoms with van der Waals surface area (Å²) in [5.41, 5.74) is 1.06. The van der Waals surface area contributed by atoms with Crippen molar-refractivity contribution in [1.82, 2.24) is 4.98 Å². The molecule has 112 valence electrons. The number of hydrogen-bond donors (Lipinski definition) is 0. The number of benzene rings is 1. The molecular weight excluding hydrogens is 282 g/mol. The van der Waals surface area contributed by atoms with Gasteiger partial charge in [-0.3, -0.25) is 0 Å². The lowest BCUT2D eigenvalue weighted by atomic mass is 9.80. The first kappa shape index (κ1) is 14.6. The van der Waals surface area contributed by atoms with E-state index >= 15 is 0 Å². The van der Waals surface area contributed by atoms with Crippen molar-refractivity contribution in [2.45, 2.75) is 45.1 Å². The number of pyridine rings is 1. The normalized spacial score (nSPS) is 26.0. The minimum absolute atomic E-state index is 0.286. The van der Waals surface area contributed by atoms with Gasteiger partial charge in [-0.25, -0.2) is 4.98 Å². The zero-order valence-electron chi connectivity index (χ0n) is 12.7. The molecule has 1 aliphatic carbocycles. The summed E-state index contributed by atoms with van der Waals surface area (Å²) in [4.78, 5) is 4.51. The third kappa shape index (κ3) is 3.01. The van der Waals surface area contributed by atoms with Gasteiger partial charge in [0.2, 0.25) is 5.88 Å². The van der Waals surface area contributed by atoms with E-state index < -0.39 is 0 Å². The van der Waals surface area contributed by atoms with Gasteiger partial charge in [-0.05, 0) is 48.1 Å². The average Bonchev–Trinajstić information content (AvgIpc) is 2.51.